The lowest BCUT2D eigenvalue weighted by molar-refractivity contribution is 0.661. The van der Waals surface area contributed by atoms with E-state index in [1.807, 2.05) is 6.20 Å². The van der Waals surface area contributed by atoms with Gasteiger partial charge in [0.25, 0.3) is 0 Å². The molecule has 1 aliphatic rings. The van der Waals surface area contributed by atoms with Gasteiger partial charge < -0.3 is 4.98 Å². The number of fused-ring (bicyclic) bond motifs is 3. The van der Waals surface area contributed by atoms with Crippen molar-refractivity contribution in [2.24, 2.45) is 0 Å². The smallest absolute Gasteiger partial charge is 0.0492 e. The second-order valence-electron chi connectivity index (χ2n) is 4.67. The minimum Gasteiger partial charge on any atom is -0.361 e. The van der Waals surface area contributed by atoms with E-state index in [1.54, 1.807) is 0 Å². The molecule has 2 atom stereocenters. The van der Waals surface area contributed by atoms with Crippen molar-refractivity contribution in [1.29, 1.82) is 0 Å². The molecule has 0 unspecified atom stereocenters. The molecule has 1 aromatic carbocycles. The van der Waals surface area contributed by atoms with Gasteiger partial charge in [0.15, 0.2) is 0 Å². The molecule has 1 nitrogen and oxygen atoms in total. The average Bonchev–Trinajstić information content (AvgIpc) is 2.71. The quantitative estimate of drug-likeness (QED) is 0.719. The number of hydrogen-bond acceptors (Lipinski definition) is 0. The van der Waals surface area contributed by atoms with E-state index in [4.69, 9.17) is 0 Å². The molecule has 0 radical (unpaired) electrons. The predicted octanol–water partition coefficient (Wildman–Crippen LogP) is 4.54. The highest BCUT2D eigenvalue weighted by molar-refractivity contribution is 9.10. The zero-order valence-corrected chi connectivity index (χ0v) is 10.6. The standard InChI is InChI=1S/C13H14BrN/c1-7-5-8(2)12-11(7)10(14)6-9-3-4-15-13(9)12/h3-4,6-8,15H,5H2,1-2H3/t7-,8+/m1/s1. The average molecular weight is 264 g/mol. The Hall–Kier alpha value is -0.760. The Balaban J connectivity index is 2.44. The van der Waals surface area contributed by atoms with E-state index < -0.39 is 0 Å². The van der Waals surface area contributed by atoms with Crippen molar-refractivity contribution in [3.8, 4) is 0 Å². The maximum absolute atomic E-state index is 3.71. The van der Waals surface area contributed by atoms with Crippen LogP contribution in [0.4, 0.5) is 0 Å². The molecule has 0 saturated heterocycles. The number of halogens is 1. The Morgan fingerprint density at radius 2 is 2.00 bits per heavy atom. The molecule has 1 heterocycles. The molecule has 0 saturated carbocycles. The minimum atomic E-state index is 0.675. The van der Waals surface area contributed by atoms with Gasteiger partial charge in [0, 0.05) is 21.6 Å². The van der Waals surface area contributed by atoms with Crippen LogP contribution in [0.5, 0.6) is 0 Å². The SMILES string of the molecule is C[C@@H]1C[C@H](C)c2c1c(Br)cc1cc[nH]c21. The fourth-order valence-corrected chi connectivity index (χ4v) is 3.84. The first-order chi connectivity index (χ1) is 7.18. The number of aromatic nitrogens is 1. The molecule has 0 spiro atoms. The molecular weight excluding hydrogens is 250 g/mol. The molecule has 15 heavy (non-hydrogen) atoms. The highest BCUT2D eigenvalue weighted by Gasteiger charge is 2.29. The van der Waals surface area contributed by atoms with Crippen molar-refractivity contribution in [2.45, 2.75) is 32.1 Å². The van der Waals surface area contributed by atoms with Crippen LogP contribution < -0.4 is 0 Å². The molecule has 2 heteroatoms. The second kappa shape index (κ2) is 3.11. The topological polar surface area (TPSA) is 15.8 Å². The zero-order chi connectivity index (χ0) is 10.6. The van der Waals surface area contributed by atoms with Gasteiger partial charge >= 0.3 is 0 Å². The van der Waals surface area contributed by atoms with Crippen molar-refractivity contribution in [2.75, 3.05) is 0 Å². The van der Waals surface area contributed by atoms with E-state index in [0.717, 1.165) is 0 Å². The van der Waals surface area contributed by atoms with E-state index >= 15 is 0 Å². The van der Waals surface area contributed by atoms with Gasteiger partial charge in [0.2, 0.25) is 0 Å². The van der Waals surface area contributed by atoms with Crippen LogP contribution in [0.25, 0.3) is 10.9 Å². The summed E-state index contributed by atoms with van der Waals surface area (Å²) in [6, 6.07) is 4.38. The number of hydrogen-bond donors (Lipinski definition) is 1. The van der Waals surface area contributed by atoms with E-state index in [2.05, 4.69) is 46.9 Å². The van der Waals surface area contributed by atoms with Gasteiger partial charge in [-0.2, -0.15) is 0 Å². The molecule has 1 aliphatic carbocycles. The summed E-state index contributed by atoms with van der Waals surface area (Å²) in [6.45, 7) is 4.65. The fraction of sp³-hybridized carbons (Fsp3) is 0.385. The summed E-state index contributed by atoms with van der Waals surface area (Å²) >= 11 is 3.71. The van der Waals surface area contributed by atoms with Gasteiger partial charge in [-0.3, -0.25) is 0 Å². The van der Waals surface area contributed by atoms with Crippen molar-refractivity contribution in [3.63, 3.8) is 0 Å². The summed E-state index contributed by atoms with van der Waals surface area (Å²) in [4.78, 5) is 3.38. The lowest BCUT2D eigenvalue weighted by Crippen LogP contribution is -1.90. The molecule has 2 aromatic rings. The number of H-pyrrole nitrogens is 1. The van der Waals surface area contributed by atoms with E-state index in [9.17, 15) is 0 Å². The van der Waals surface area contributed by atoms with Crippen LogP contribution in [-0.4, -0.2) is 4.98 Å². The third-order valence-corrected chi connectivity index (χ3v) is 4.23. The Morgan fingerprint density at radius 3 is 2.80 bits per heavy atom. The van der Waals surface area contributed by atoms with E-state index in [1.165, 1.54) is 32.9 Å². The second-order valence-corrected chi connectivity index (χ2v) is 5.52. The summed E-state index contributed by atoms with van der Waals surface area (Å²) < 4.78 is 1.28. The summed E-state index contributed by atoms with van der Waals surface area (Å²) in [5.41, 5.74) is 4.37. The number of nitrogens with one attached hydrogen (secondary N) is 1. The third kappa shape index (κ3) is 1.21. The Labute approximate surface area is 98.0 Å². The molecule has 0 bridgehead atoms. The summed E-state index contributed by atoms with van der Waals surface area (Å²) in [5.74, 6) is 1.35. The molecule has 1 aromatic heterocycles. The van der Waals surface area contributed by atoms with Crippen LogP contribution in [0.2, 0.25) is 0 Å². The van der Waals surface area contributed by atoms with Crippen molar-refractivity contribution < 1.29 is 0 Å². The van der Waals surface area contributed by atoms with Gasteiger partial charge in [-0.15, -0.1) is 0 Å². The predicted molar refractivity (Wildman–Crippen MR) is 67.4 cm³/mol. The first-order valence-corrected chi connectivity index (χ1v) is 6.27. The lowest BCUT2D eigenvalue weighted by atomic mass is 10.0. The third-order valence-electron chi connectivity index (χ3n) is 3.57. The van der Waals surface area contributed by atoms with Gasteiger partial charge in [-0.1, -0.05) is 29.8 Å². The number of rotatable bonds is 0. The highest BCUT2D eigenvalue weighted by atomic mass is 79.9. The van der Waals surface area contributed by atoms with Crippen LogP contribution in [0.15, 0.2) is 22.8 Å². The molecule has 0 aliphatic heterocycles. The molecular formula is C13H14BrN. The van der Waals surface area contributed by atoms with Gasteiger partial charge in [0.1, 0.15) is 0 Å². The Kier molecular flexibility index (Phi) is 1.96. The van der Waals surface area contributed by atoms with Gasteiger partial charge in [0.05, 0.1) is 0 Å². The molecule has 0 amide bonds. The van der Waals surface area contributed by atoms with Crippen LogP contribution >= 0.6 is 15.9 Å². The lowest BCUT2D eigenvalue weighted by Gasteiger charge is -2.09. The monoisotopic (exact) mass is 263 g/mol. The molecule has 78 valence electrons. The van der Waals surface area contributed by atoms with Gasteiger partial charge in [-0.25, -0.2) is 0 Å². The molecule has 3 rings (SSSR count). The zero-order valence-electron chi connectivity index (χ0n) is 8.97. The number of aromatic amines is 1. The normalized spacial score (nSPS) is 24.7. The van der Waals surface area contributed by atoms with Crippen LogP contribution in [-0.2, 0) is 0 Å². The summed E-state index contributed by atoms with van der Waals surface area (Å²) in [6.07, 6.45) is 3.30. The Morgan fingerprint density at radius 1 is 1.27 bits per heavy atom. The van der Waals surface area contributed by atoms with Crippen LogP contribution in [0.3, 0.4) is 0 Å². The fourth-order valence-electron chi connectivity index (χ4n) is 2.99. The maximum Gasteiger partial charge on any atom is 0.0492 e. The maximum atomic E-state index is 3.71. The van der Waals surface area contributed by atoms with Gasteiger partial charge in [-0.05, 0) is 41.5 Å². The van der Waals surface area contributed by atoms with Crippen molar-refractivity contribution >= 4 is 26.8 Å². The minimum absolute atomic E-state index is 0.675. The summed E-state index contributed by atoms with van der Waals surface area (Å²) in [7, 11) is 0. The highest BCUT2D eigenvalue weighted by Crippen LogP contribution is 2.47. The van der Waals surface area contributed by atoms with Crippen molar-refractivity contribution in [3.05, 3.63) is 33.9 Å². The first kappa shape index (κ1) is 9.46. The van der Waals surface area contributed by atoms with Crippen molar-refractivity contribution in [1.82, 2.24) is 4.98 Å². The Bertz CT molecular complexity index is 527. The van der Waals surface area contributed by atoms with Crippen LogP contribution in [0, 0.1) is 0 Å². The number of benzene rings is 1. The van der Waals surface area contributed by atoms with E-state index in [-0.39, 0.29) is 0 Å². The molecule has 0 fully saturated rings. The van der Waals surface area contributed by atoms with Crippen LogP contribution in [0.1, 0.15) is 43.2 Å². The summed E-state index contributed by atoms with van der Waals surface area (Å²) in [5, 5.41) is 1.32. The largest absolute Gasteiger partial charge is 0.361 e. The molecule has 1 N–H and O–H groups in total. The first-order valence-electron chi connectivity index (χ1n) is 5.48. The van der Waals surface area contributed by atoms with E-state index in [0.29, 0.717) is 11.8 Å².